The third-order valence-corrected chi connectivity index (χ3v) is 28.4. The van der Waals surface area contributed by atoms with Crippen molar-refractivity contribution in [3.8, 4) is 0 Å². The van der Waals surface area contributed by atoms with Gasteiger partial charge in [0.25, 0.3) is 18.3 Å². The Kier molecular flexibility index (Phi) is 55.7. The predicted molar refractivity (Wildman–Crippen MR) is 502 cm³/mol. The Bertz CT molecular complexity index is 3960. The van der Waals surface area contributed by atoms with Crippen LogP contribution in [0.1, 0.15) is 393 Å². The van der Waals surface area contributed by atoms with Crippen LogP contribution < -0.4 is 0 Å². The molecule has 0 N–H and O–H groups in total. The van der Waals surface area contributed by atoms with Gasteiger partial charge in [-0.1, -0.05) is 162 Å². The second-order valence-electron chi connectivity index (χ2n) is 45.8. The topological polar surface area (TPSA) is 210 Å². The minimum atomic E-state index is -5.67. The number of carbonyl (C=O) groups is 8. The van der Waals surface area contributed by atoms with Gasteiger partial charge in [-0.2, -0.15) is 119 Å². The first-order chi connectivity index (χ1) is 65.5. The quantitative estimate of drug-likeness (QED) is 0.0455. The van der Waals surface area contributed by atoms with Gasteiger partial charge in [0.15, 0.2) is 18.6 Å². The molecule has 3 atom stereocenters. The van der Waals surface area contributed by atoms with Crippen LogP contribution in [0.15, 0.2) is 24.3 Å². The summed E-state index contributed by atoms with van der Waals surface area (Å²) in [7, 11) is 0. The van der Waals surface area contributed by atoms with E-state index in [-0.39, 0.29) is 76.1 Å². The molecule has 866 valence electrons. The lowest BCUT2D eigenvalue weighted by atomic mass is 9.54. The molecular formula is C104H165F27O16. The van der Waals surface area contributed by atoms with E-state index >= 15 is 0 Å². The van der Waals surface area contributed by atoms with Crippen molar-refractivity contribution in [3.63, 3.8) is 0 Å². The summed E-state index contributed by atoms with van der Waals surface area (Å²) in [5.74, 6) is -3.01. The highest BCUT2D eigenvalue weighted by Crippen LogP contribution is 2.58. The second-order valence-corrected chi connectivity index (χ2v) is 45.8. The maximum absolute atomic E-state index is 12.4. The Morgan fingerprint density at radius 1 is 0.347 bits per heavy atom. The molecule has 0 aliphatic heterocycles. The molecule has 6 aliphatic rings. The molecule has 0 heterocycles. The lowest BCUT2D eigenvalue weighted by molar-refractivity contribution is -0.316. The second kappa shape index (κ2) is 56.8. The zero-order valence-electron chi connectivity index (χ0n) is 91.7. The molecule has 6 aliphatic carbocycles. The van der Waals surface area contributed by atoms with E-state index in [4.69, 9.17) is 14.2 Å². The predicted octanol–water partition coefficient (Wildman–Crippen LogP) is 33.2. The highest BCUT2D eigenvalue weighted by molar-refractivity contribution is 5.79. The number of hydrogen-bond acceptors (Lipinski definition) is 16. The summed E-state index contributed by atoms with van der Waals surface area (Å²) in [6, 6.07) is 9.08. The fourth-order valence-corrected chi connectivity index (χ4v) is 14.7. The maximum Gasteiger partial charge on any atom is 0.434 e. The molecular weight excluding hydrogens is 2020 g/mol. The van der Waals surface area contributed by atoms with Crippen molar-refractivity contribution in [2.75, 3.05) is 13.2 Å². The lowest BCUT2D eigenvalue weighted by Crippen LogP contribution is -2.53. The average molecular weight is 2180 g/mol. The van der Waals surface area contributed by atoms with Gasteiger partial charge in [-0.3, -0.25) is 38.4 Å². The summed E-state index contributed by atoms with van der Waals surface area (Å²) in [5, 5.41) is 0. The van der Waals surface area contributed by atoms with E-state index in [2.05, 4.69) is 131 Å². The van der Waals surface area contributed by atoms with Crippen LogP contribution >= 0.6 is 0 Å². The van der Waals surface area contributed by atoms with Crippen molar-refractivity contribution < 1.29 is 195 Å². The van der Waals surface area contributed by atoms with Crippen LogP contribution in [0.4, 0.5) is 119 Å². The number of rotatable bonds is 27. The average Bonchev–Trinajstić information content (AvgIpc) is 0.742. The monoisotopic (exact) mass is 2180 g/mol. The molecule has 3 unspecified atom stereocenters. The van der Waals surface area contributed by atoms with Crippen molar-refractivity contribution >= 4 is 47.8 Å². The first kappa shape index (κ1) is 144. The number of benzene rings is 1. The minimum Gasteiger partial charge on any atom is -0.462 e. The zero-order chi connectivity index (χ0) is 117. The highest BCUT2D eigenvalue weighted by Gasteiger charge is 2.64. The van der Waals surface area contributed by atoms with Crippen molar-refractivity contribution in [3.05, 3.63) is 35.4 Å². The number of hydrogen-bond donors (Lipinski definition) is 0. The molecule has 0 amide bonds. The number of ether oxygens (including phenoxy) is 8. The highest BCUT2D eigenvalue weighted by atomic mass is 19.5. The van der Waals surface area contributed by atoms with Crippen molar-refractivity contribution in [1.29, 1.82) is 0 Å². The van der Waals surface area contributed by atoms with Gasteiger partial charge in [-0.15, -0.1) is 0 Å². The maximum atomic E-state index is 12.4. The van der Waals surface area contributed by atoms with E-state index in [9.17, 15) is 157 Å². The molecule has 43 heteroatoms. The molecule has 7 rings (SSSR count). The molecule has 1 aromatic rings. The number of halogens is 27. The Hall–Kier alpha value is -6.91. The molecule has 0 saturated heterocycles. The Morgan fingerprint density at radius 2 is 0.646 bits per heavy atom. The van der Waals surface area contributed by atoms with Gasteiger partial charge in [-0.05, 0) is 302 Å². The number of esters is 8. The van der Waals surface area contributed by atoms with E-state index < -0.39 is 151 Å². The van der Waals surface area contributed by atoms with Crippen LogP contribution in [0.3, 0.4) is 0 Å². The molecule has 6 fully saturated rings. The smallest absolute Gasteiger partial charge is 0.434 e. The molecule has 147 heavy (non-hydrogen) atoms. The van der Waals surface area contributed by atoms with E-state index in [1.165, 1.54) is 131 Å². The summed E-state index contributed by atoms with van der Waals surface area (Å²) in [4.78, 5) is 91.8. The Balaban J connectivity index is -0.00000159. The SMILES string of the molecule is CCC(C)(C(=O)OCC(F)(F)F)C(F)(F)F.CCC(C)(C)C(=O)OC(C(F)(F)F)C(F)(F)F.CCC(C)(C)C(=O)OC(C(F)(F)F)C(F)(F)F.CCC(C)(C)C(=O)OC(C)(C)C1CCC(C)CC1.CCC(C)(C)C(=O)OC12CC3CC(CC(C3)C1)C2.CCC(C)(C)C(=O)OC1CCC(C(C)(C)C)CC1.CCC(C)(C)C(=O)OCC(F)(F)F.CCC(C)C(=O)OC(C(F)(F)F)C(F)(F)F.CCC(C)c1ccc(C(C)(C)C)cc1. The fraction of sp³-hybridized carbons (Fsp3) is 0.865. The fourth-order valence-electron chi connectivity index (χ4n) is 14.7. The van der Waals surface area contributed by atoms with Gasteiger partial charge in [0.2, 0.25) is 0 Å². The van der Waals surface area contributed by atoms with Gasteiger partial charge >= 0.3 is 103 Å². The summed E-state index contributed by atoms with van der Waals surface area (Å²) < 4.78 is 359. The molecule has 16 nitrogen and oxygen atoms in total. The molecule has 6 saturated carbocycles. The van der Waals surface area contributed by atoms with E-state index in [1.807, 2.05) is 55.4 Å². The van der Waals surface area contributed by atoms with Crippen LogP contribution in [-0.4, -0.2) is 152 Å². The first-order valence-corrected chi connectivity index (χ1v) is 49.9. The summed E-state index contributed by atoms with van der Waals surface area (Å²) in [6.45, 7) is 55.9. The summed E-state index contributed by atoms with van der Waals surface area (Å²) in [5.41, 5.74) is -4.39. The van der Waals surface area contributed by atoms with Crippen LogP contribution in [0.2, 0.25) is 0 Å². The Morgan fingerprint density at radius 3 is 0.932 bits per heavy atom. The molecule has 0 aromatic heterocycles. The normalized spacial score (nSPS) is 20.7. The van der Waals surface area contributed by atoms with Gasteiger partial charge in [-0.25, -0.2) is 0 Å². The van der Waals surface area contributed by atoms with Crippen molar-refractivity contribution in [2.24, 2.45) is 84.7 Å². The molecule has 1 aromatic carbocycles. The lowest BCUT2D eigenvalue weighted by Gasteiger charge is -2.56. The van der Waals surface area contributed by atoms with Crippen LogP contribution in [0.5, 0.6) is 0 Å². The van der Waals surface area contributed by atoms with E-state index in [0.717, 1.165) is 87.9 Å². The third-order valence-electron chi connectivity index (χ3n) is 28.4. The number of carbonyl (C=O) groups excluding carboxylic acids is 8. The van der Waals surface area contributed by atoms with Gasteiger partial charge in [0, 0.05) is 0 Å². The third kappa shape index (κ3) is 51.1. The minimum absolute atomic E-state index is 0.0239. The van der Waals surface area contributed by atoms with E-state index in [0.29, 0.717) is 30.6 Å². The standard InChI is InChI=1S/C16H26O2.2C16H30O2.C14H22.2C9H12F6O2.2C8H10F6O2.C8H13F3O2/c1-4-15(2,3)14(17)18-16-8-11-5-12(9-16)7-13(6-11)10-16;1-7-16(5,6)14(17)18-13-10-8-12(9-11-13)15(2,3)4;1-7-15(3,4)14(17)18-16(5,6)13-10-8-12(2)9-11-13;1-6-11(2)12-7-9-13(10-8-12)14(3,4)5;2*1-4-7(2,3)6(16)17-5(8(10,11)12)9(13,14)15;1-3-6(2,8(12,13)14)5(15)16-4-7(9,10)11;1-3-4(2)5(15)16-6(7(9,10)11)8(12,13)14;1-4-7(2,3)6(12)13-5-8(9,10)11/h11-13H,4-10H2,1-3H3;2*12-13H,7-11H2,1-6H3;7-11H,6H2,1-5H3;2*5H,4H2,1-3H3;3-4H2,1-2H3;4,6H,3H2,1-2H3;4-5H2,1-3H3. The van der Waals surface area contributed by atoms with E-state index in [1.54, 1.807) is 20.8 Å². The van der Waals surface area contributed by atoms with Gasteiger partial charge < -0.3 is 37.9 Å². The Labute approximate surface area is 851 Å². The number of alkyl halides is 27. The van der Waals surface area contributed by atoms with Crippen LogP contribution in [0.25, 0.3) is 0 Å². The molecule has 4 bridgehead atoms. The zero-order valence-corrected chi connectivity index (χ0v) is 91.7. The first-order valence-electron chi connectivity index (χ1n) is 49.9. The van der Waals surface area contributed by atoms with Crippen LogP contribution in [-0.2, 0) is 81.7 Å². The van der Waals surface area contributed by atoms with Gasteiger partial charge in [0.05, 0.1) is 38.4 Å². The molecule has 0 radical (unpaired) electrons. The molecule has 0 spiro atoms. The van der Waals surface area contributed by atoms with Crippen molar-refractivity contribution in [1.82, 2.24) is 0 Å². The summed E-state index contributed by atoms with van der Waals surface area (Å²) >= 11 is 0. The van der Waals surface area contributed by atoms with Crippen LogP contribution in [0, 0.1) is 84.7 Å². The largest absolute Gasteiger partial charge is 0.462 e. The van der Waals surface area contributed by atoms with Crippen molar-refractivity contribution in [2.45, 2.75) is 479 Å². The van der Waals surface area contributed by atoms with Gasteiger partial charge in [0.1, 0.15) is 17.3 Å². The summed E-state index contributed by atoms with van der Waals surface area (Å²) in [6.07, 6.45) is -39.6.